The van der Waals surface area contributed by atoms with Crippen molar-refractivity contribution in [2.24, 2.45) is 0 Å². The number of H-pyrrole nitrogens is 1. The molecule has 2 aromatic heterocycles. The van der Waals surface area contributed by atoms with Crippen LogP contribution in [-0.2, 0) is 17.9 Å². The third-order valence-corrected chi connectivity index (χ3v) is 2.91. The molecule has 106 valence electrons. The molecule has 1 N–H and O–H groups in total. The second kappa shape index (κ2) is 6.14. The summed E-state index contributed by atoms with van der Waals surface area (Å²) in [5, 5.41) is 6.72. The van der Waals surface area contributed by atoms with Gasteiger partial charge in [-0.15, -0.1) is 0 Å². The van der Waals surface area contributed by atoms with Crippen molar-refractivity contribution in [3.05, 3.63) is 46.4 Å². The first-order valence-corrected chi connectivity index (χ1v) is 6.33. The van der Waals surface area contributed by atoms with E-state index in [9.17, 15) is 9.59 Å². The van der Waals surface area contributed by atoms with Gasteiger partial charge in [0.1, 0.15) is 5.82 Å². The van der Waals surface area contributed by atoms with E-state index in [0.29, 0.717) is 18.9 Å². The Morgan fingerprint density at radius 2 is 2.25 bits per heavy atom. The number of aromatic amines is 1. The lowest BCUT2D eigenvalue weighted by Crippen LogP contribution is -2.29. The zero-order valence-corrected chi connectivity index (χ0v) is 11.5. The number of aromatic nitrogens is 4. The fourth-order valence-electron chi connectivity index (χ4n) is 1.81. The van der Waals surface area contributed by atoms with Crippen molar-refractivity contribution in [2.45, 2.75) is 26.4 Å². The lowest BCUT2D eigenvalue weighted by atomic mass is 10.3. The van der Waals surface area contributed by atoms with Crippen LogP contribution < -0.4 is 5.56 Å². The smallest absolute Gasteiger partial charge is 0.250 e. The van der Waals surface area contributed by atoms with Gasteiger partial charge in [-0.1, -0.05) is 6.07 Å². The van der Waals surface area contributed by atoms with Crippen LogP contribution in [0.4, 0.5) is 0 Å². The average molecular weight is 275 g/mol. The molecule has 2 rings (SSSR count). The Morgan fingerprint density at radius 3 is 2.90 bits per heavy atom. The highest BCUT2D eigenvalue weighted by atomic mass is 16.2. The minimum absolute atomic E-state index is 0.0526. The number of pyridine rings is 1. The molecule has 0 aliphatic rings. The second-order valence-electron chi connectivity index (χ2n) is 4.57. The van der Waals surface area contributed by atoms with Crippen LogP contribution in [0.1, 0.15) is 18.1 Å². The summed E-state index contributed by atoms with van der Waals surface area (Å²) < 4.78 is 1.52. The molecule has 0 unspecified atom stereocenters. The summed E-state index contributed by atoms with van der Waals surface area (Å²) in [5.41, 5.74) is -0.104. The molecule has 0 spiro atoms. The molecule has 2 aromatic rings. The van der Waals surface area contributed by atoms with E-state index >= 15 is 0 Å². The fraction of sp³-hybridized carbons (Fsp3) is 0.385. The summed E-state index contributed by atoms with van der Waals surface area (Å²) in [6, 6.07) is 4.93. The minimum atomic E-state index is -0.104. The van der Waals surface area contributed by atoms with Gasteiger partial charge in [0.15, 0.2) is 5.82 Å². The van der Waals surface area contributed by atoms with Crippen molar-refractivity contribution in [1.82, 2.24) is 24.6 Å². The molecular weight excluding hydrogens is 258 g/mol. The first kappa shape index (κ1) is 14.0. The van der Waals surface area contributed by atoms with Crippen molar-refractivity contribution in [3.8, 4) is 0 Å². The van der Waals surface area contributed by atoms with Crippen LogP contribution in [0.15, 0.2) is 29.2 Å². The van der Waals surface area contributed by atoms with Crippen LogP contribution in [0, 0.1) is 6.92 Å². The molecule has 0 saturated carbocycles. The van der Waals surface area contributed by atoms with Gasteiger partial charge in [0.05, 0.1) is 6.54 Å². The number of carbonyl (C=O) groups is 1. The fourth-order valence-corrected chi connectivity index (χ4v) is 1.81. The number of nitrogens with zero attached hydrogens (tertiary/aromatic N) is 4. The molecule has 0 aromatic carbocycles. The second-order valence-corrected chi connectivity index (χ2v) is 4.57. The standard InChI is InChI=1S/C13H17N5O2/c1-10-14-11(16-15-10)9-17(2)12(19)6-8-18-7-4-3-5-13(18)20/h3-5,7H,6,8-9H2,1-2H3,(H,14,15,16). The van der Waals surface area contributed by atoms with E-state index in [0.717, 1.165) is 5.82 Å². The predicted octanol–water partition coefficient (Wildman–Crippen LogP) is 0.324. The first-order chi connectivity index (χ1) is 9.56. The number of hydrogen-bond donors (Lipinski definition) is 1. The van der Waals surface area contributed by atoms with Gasteiger partial charge < -0.3 is 9.47 Å². The zero-order valence-electron chi connectivity index (χ0n) is 11.5. The maximum Gasteiger partial charge on any atom is 0.250 e. The minimum Gasteiger partial charge on any atom is -0.338 e. The maximum absolute atomic E-state index is 12.0. The first-order valence-electron chi connectivity index (χ1n) is 6.33. The number of nitrogens with one attached hydrogen (secondary N) is 1. The largest absolute Gasteiger partial charge is 0.338 e. The van der Waals surface area contributed by atoms with Crippen molar-refractivity contribution in [2.75, 3.05) is 7.05 Å². The lowest BCUT2D eigenvalue weighted by Gasteiger charge is -2.15. The number of aryl methyl sites for hydroxylation is 2. The molecule has 0 aliphatic carbocycles. The van der Waals surface area contributed by atoms with E-state index in [4.69, 9.17) is 0 Å². The van der Waals surface area contributed by atoms with Gasteiger partial charge >= 0.3 is 0 Å². The topological polar surface area (TPSA) is 83.9 Å². The summed E-state index contributed by atoms with van der Waals surface area (Å²) in [5.74, 6) is 1.25. The summed E-state index contributed by atoms with van der Waals surface area (Å²) in [6.07, 6.45) is 1.94. The molecule has 0 aliphatic heterocycles. The van der Waals surface area contributed by atoms with E-state index in [1.165, 1.54) is 10.6 Å². The summed E-state index contributed by atoms with van der Waals surface area (Å²) in [7, 11) is 1.70. The third-order valence-electron chi connectivity index (χ3n) is 2.91. The molecule has 20 heavy (non-hydrogen) atoms. The highest BCUT2D eigenvalue weighted by molar-refractivity contribution is 5.75. The number of carbonyl (C=O) groups excluding carboxylic acids is 1. The number of amides is 1. The van der Waals surface area contributed by atoms with Crippen LogP contribution in [0.5, 0.6) is 0 Å². The normalized spacial score (nSPS) is 10.5. The van der Waals surface area contributed by atoms with Gasteiger partial charge in [-0.3, -0.25) is 14.7 Å². The summed E-state index contributed by atoms with van der Waals surface area (Å²) in [6.45, 7) is 2.53. The molecule has 0 atom stereocenters. The molecule has 7 heteroatoms. The Hall–Kier alpha value is -2.44. The van der Waals surface area contributed by atoms with Crippen LogP contribution in [0.2, 0.25) is 0 Å². The van der Waals surface area contributed by atoms with E-state index in [2.05, 4.69) is 15.2 Å². The van der Waals surface area contributed by atoms with Gasteiger partial charge in [0, 0.05) is 32.3 Å². The molecule has 0 bridgehead atoms. The Bertz CT molecular complexity index is 646. The molecule has 2 heterocycles. The Labute approximate surface area is 116 Å². The van der Waals surface area contributed by atoms with E-state index < -0.39 is 0 Å². The van der Waals surface area contributed by atoms with E-state index in [1.807, 2.05) is 0 Å². The molecule has 7 nitrogen and oxygen atoms in total. The SMILES string of the molecule is Cc1nc(CN(C)C(=O)CCn2ccccc2=O)n[nH]1. The van der Waals surface area contributed by atoms with Crippen molar-refractivity contribution in [3.63, 3.8) is 0 Å². The van der Waals surface area contributed by atoms with Gasteiger partial charge in [-0.2, -0.15) is 5.10 Å². The monoisotopic (exact) mass is 275 g/mol. The quantitative estimate of drug-likeness (QED) is 0.852. The van der Waals surface area contributed by atoms with Crippen molar-refractivity contribution < 1.29 is 4.79 Å². The van der Waals surface area contributed by atoms with E-state index in [-0.39, 0.29) is 17.9 Å². The Balaban J connectivity index is 1.88. The molecular formula is C13H17N5O2. The highest BCUT2D eigenvalue weighted by Gasteiger charge is 2.11. The summed E-state index contributed by atoms with van der Waals surface area (Å²) >= 11 is 0. The number of rotatable bonds is 5. The Morgan fingerprint density at radius 1 is 1.45 bits per heavy atom. The lowest BCUT2D eigenvalue weighted by molar-refractivity contribution is -0.130. The Kier molecular flexibility index (Phi) is 4.29. The van der Waals surface area contributed by atoms with Crippen molar-refractivity contribution in [1.29, 1.82) is 0 Å². The van der Waals surface area contributed by atoms with Gasteiger partial charge in [-0.05, 0) is 13.0 Å². The predicted molar refractivity (Wildman–Crippen MR) is 72.9 cm³/mol. The average Bonchev–Trinajstić information content (AvgIpc) is 2.82. The van der Waals surface area contributed by atoms with Gasteiger partial charge in [0.2, 0.25) is 5.91 Å². The van der Waals surface area contributed by atoms with Crippen LogP contribution in [0.3, 0.4) is 0 Å². The van der Waals surface area contributed by atoms with Crippen LogP contribution in [-0.4, -0.2) is 37.6 Å². The molecule has 0 radical (unpaired) electrons. The van der Waals surface area contributed by atoms with E-state index in [1.54, 1.807) is 37.2 Å². The third kappa shape index (κ3) is 3.53. The highest BCUT2D eigenvalue weighted by Crippen LogP contribution is 2.00. The van der Waals surface area contributed by atoms with Crippen LogP contribution >= 0.6 is 0 Å². The molecule has 0 saturated heterocycles. The number of hydrogen-bond acceptors (Lipinski definition) is 4. The zero-order chi connectivity index (χ0) is 14.5. The van der Waals surface area contributed by atoms with Crippen molar-refractivity contribution >= 4 is 5.91 Å². The summed E-state index contributed by atoms with van der Waals surface area (Å²) in [4.78, 5) is 29.2. The van der Waals surface area contributed by atoms with Crippen LogP contribution in [0.25, 0.3) is 0 Å². The van der Waals surface area contributed by atoms with Gasteiger partial charge in [-0.25, -0.2) is 4.98 Å². The van der Waals surface area contributed by atoms with Gasteiger partial charge in [0.25, 0.3) is 5.56 Å². The maximum atomic E-state index is 12.0. The molecule has 1 amide bonds. The molecule has 0 fully saturated rings.